The normalized spacial score (nSPS) is 10.6. The van der Waals surface area contributed by atoms with Gasteiger partial charge in [0.2, 0.25) is 5.91 Å². The summed E-state index contributed by atoms with van der Waals surface area (Å²) in [7, 11) is 0. The van der Waals surface area contributed by atoms with Crippen LogP contribution in [0.25, 0.3) is 0 Å². The van der Waals surface area contributed by atoms with Crippen molar-refractivity contribution in [3.63, 3.8) is 0 Å². The van der Waals surface area contributed by atoms with E-state index in [4.69, 9.17) is 4.74 Å². The number of rotatable bonds is 9. The summed E-state index contributed by atoms with van der Waals surface area (Å²) in [5, 5.41) is 2.97. The average molecular weight is 343 g/mol. The summed E-state index contributed by atoms with van der Waals surface area (Å²) in [5.74, 6) is 2.71. The van der Waals surface area contributed by atoms with Gasteiger partial charge in [-0.05, 0) is 37.1 Å². The molecule has 1 amide bonds. The molecule has 0 aliphatic carbocycles. The molecular weight excluding hydrogens is 318 g/mol. The third-order valence-electron chi connectivity index (χ3n) is 3.34. The number of nitrogens with one attached hydrogen (secondary N) is 1. The Kier molecular flexibility index (Phi) is 7.69. The highest BCUT2D eigenvalue weighted by atomic mass is 32.2. The maximum Gasteiger partial charge on any atom is 0.221 e. The lowest BCUT2D eigenvalue weighted by Crippen LogP contribution is -2.23. The fraction of sp³-hybridized carbons (Fsp3) is 0.350. The highest BCUT2D eigenvalue weighted by molar-refractivity contribution is 7.98. The van der Waals surface area contributed by atoms with Gasteiger partial charge in [0.05, 0.1) is 6.10 Å². The molecule has 0 bridgehead atoms. The summed E-state index contributed by atoms with van der Waals surface area (Å²) in [4.78, 5) is 11.9. The highest BCUT2D eigenvalue weighted by Gasteiger charge is 2.04. The molecule has 4 heteroatoms. The number of carbonyl (C=O) groups excluding carboxylic acids is 1. The molecule has 0 unspecified atom stereocenters. The van der Waals surface area contributed by atoms with Gasteiger partial charge in [0, 0.05) is 24.5 Å². The lowest BCUT2D eigenvalue weighted by molar-refractivity contribution is -0.120. The Bertz CT molecular complexity index is 629. The predicted octanol–water partition coefficient (Wildman–Crippen LogP) is 4.41. The van der Waals surface area contributed by atoms with Crippen molar-refractivity contribution in [3.05, 3.63) is 65.7 Å². The first-order chi connectivity index (χ1) is 11.6. The molecule has 0 heterocycles. The van der Waals surface area contributed by atoms with Crippen LogP contribution in [0.2, 0.25) is 0 Å². The van der Waals surface area contributed by atoms with E-state index in [0.29, 0.717) is 13.0 Å². The van der Waals surface area contributed by atoms with Gasteiger partial charge in [-0.2, -0.15) is 11.8 Å². The smallest absolute Gasteiger partial charge is 0.221 e. The number of hydrogen-bond donors (Lipinski definition) is 1. The van der Waals surface area contributed by atoms with E-state index >= 15 is 0 Å². The van der Waals surface area contributed by atoms with E-state index in [2.05, 4.69) is 17.4 Å². The Morgan fingerprint density at radius 3 is 2.58 bits per heavy atom. The lowest BCUT2D eigenvalue weighted by atomic mass is 10.2. The van der Waals surface area contributed by atoms with Crippen LogP contribution in [0, 0.1) is 0 Å². The molecule has 0 fully saturated rings. The van der Waals surface area contributed by atoms with Crippen LogP contribution in [0.1, 0.15) is 31.4 Å². The standard InChI is InChI=1S/C20H25NO2S/c1-16(2)23-19-10-6-9-18(13-19)14-21-20(22)11-12-24-15-17-7-4-3-5-8-17/h3-10,13,16H,11-12,14-15H2,1-2H3,(H,21,22). The van der Waals surface area contributed by atoms with Gasteiger partial charge in [-0.3, -0.25) is 4.79 Å². The van der Waals surface area contributed by atoms with E-state index in [0.717, 1.165) is 22.8 Å². The molecule has 0 aliphatic rings. The van der Waals surface area contributed by atoms with Crippen molar-refractivity contribution in [2.75, 3.05) is 5.75 Å². The van der Waals surface area contributed by atoms with Crippen LogP contribution in [0.15, 0.2) is 54.6 Å². The second-order valence-corrected chi connectivity index (χ2v) is 6.98. The molecule has 2 aromatic rings. The van der Waals surface area contributed by atoms with E-state index in [1.54, 1.807) is 11.8 Å². The number of hydrogen-bond acceptors (Lipinski definition) is 3. The van der Waals surface area contributed by atoms with E-state index in [-0.39, 0.29) is 12.0 Å². The van der Waals surface area contributed by atoms with Crippen molar-refractivity contribution < 1.29 is 9.53 Å². The Hall–Kier alpha value is -1.94. The van der Waals surface area contributed by atoms with E-state index < -0.39 is 0 Å². The zero-order valence-electron chi connectivity index (χ0n) is 14.3. The maximum absolute atomic E-state index is 11.9. The summed E-state index contributed by atoms with van der Waals surface area (Å²) in [6.45, 7) is 4.54. The second kappa shape index (κ2) is 10.0. The van der Waals surface area contributed by atoms with Crippen LogP contribution < -0.4 is 10.1 Å². The molecule has 2 aromatic carbocycles. The minimum atomic E-state index is 0.0887. The van der Waals surface area contributed by atoms with Crippen molar-refractivity contribution in [3.8, 4) is 5.75 Å². The molecule has 128 valence electrons. The highest BCUT2D eigenvalue weighted by Crippen LogP contribution is 2.15. The lowest BCUT2D eigenvalue weighted by Gasteiger charge is -2.11. The van der Waals surface area contributed by atoms with Gasteiger partial charge >= 0.3 is 0 Å². The number of thioether (sulfide) groups is 1. The maximum atomic E-state index is 11.9. The van der Waals surface area contributed by atoms with Gasteiger partial charge in [-0.1, -0.05) is 42.5 Å². The average Bonchev–Trinajstić information content (AvgIpc) is 2.58. The molecule has 1 N–H and O–H groups in total. The fourth-order valence-electron chi connectivity index (χ4n) is 2.22. The number of ether oxygens (including phenoxy) is 1. The van der Waals surface area contributed by atoms with Gasteiger partial charge in [-0.15, -0.1) is 0 Å². The fourth-order valence-corrected chi connectivity index (χ4v) is 3.12. The Morgan fingerprint density at radius 2 is 1.83 bits per heavy atom. The van der Waals surface area contributed by atoms with Crippen LogP contribution in [0.5, 0.6) is 5.75 Å². The topological polar surface area (TPSA) is 38.3 Å². The van der Waals surface area contributed by atoms with Crippen LogP contribution in [0.3, 0.4) is 0 Å². The summed E-state index contributed by atoms with van der Waals surface area (Å²) < 4.78 is 5.67. The first-order valence-corrected chi connectivity index (χ1v) is 9.43. The Balaban J connectivity index is 1.66. The Morgan fingerprint density at radius 1 is 1.08 bits per heavy atom. The molecule has 0 spiro atoms. The monoisotopic (exact) mass is 343 g/mol. The number of benzene rings is 2. The van der Waals surface area contributed by atoms with E-state index in [9.17, 15) is 4.79 Å². The van der Waals surface area contributed by atoms with Gasteiger partial charge < -0.3 is 10.1 Å². The van der Waals surface area contributed by atoms with Gasteiger partial charge in [-0.25, -0.2) is 0 Å². The van der Waals surface area contributed by atoms with Crippen LogP contribution >= 0.6 is 11.8 Å². The molecular formula is C20H25NO2S. The first kappa shape index (κ1) is 18.4. The minimum absolute atomic E-state index is 0.0887. The third-order valence-corrected chi connectivity index (χ3v) is 4.38. The quantitative estimate of drug-likeness (QED) is 0.685. The molecule has 24 heavy (non-hydrogen) atoms. The predicted molar refractivity (Wildman–Crippen MR) is 101 cm³/mol. The molecule has 0 aliphatic heterocycles. The van der Waals surface area contributed by atoms with Crippen molar-refractivity contribution in [1.29, 1.82) is 0 Å². The van der Waals surface area contributed by atoms with E-state index in [1.165, 1.54) is 5.56 Å². The van der Waals surface area contributed by atoms with Gasteiger partial charge in [0.25, 0.3) is 0 Å². The zero-order valence-corrected chi connectivity index (χ0v) is 15.1. The summed E-state index contributed by atoms with van der Waals surface area (Å²) in [6.07, 6.45) is 0.691. The van der Waals surface area contributed by atoms with E-state index in [1.807, 2.05) is 56.3 Å². The molecule has 2 rings (SSSR count). The number of amides is 1. The van der Waals surface area contributed by atoms with Gasteiger partial charge in [0.15, 0.2) is 0 Å². The molecule has 0 atom stereocenters. The first-order valence-electron chi connectivity index (χ1n) is 8.27. The second-order valence-electron chi connectivity index (χ2n) is 5.88. The molecule has 0 saturated carbocycles. The van der Waals surface area contributed by atoms with Crippen molar-refractivity contribution in [2.24, 2.45) is 0 Å². The summed E-state index contributed by atoms with van der Waals surface area (Å²) in [5.41, 5.74) is 2.35. The Labute approximate surface area is 148 Å². The molecule has 0 aromatic heterocycles. The SMILES string of the molecule is CC(C)Oc1cccc(CNC(=O)CCSCc2ccccc2)c1. The molecule has 0 saturated heterocycles. The van der Waals surface area contributed by atoms with Crippen molar-refractivity contribution in [2.45, 2.75) is 38.7 Å². The summed E-state index contributed by atoms with van der Waals surface area (Å²) >= 11 is 1.78. The van der Waals surface area contributed by atoms with Crippen molar-refractivity contribution in [1.82, 2.24) is 5.32 Å². The van der Waals surface area contributed by atoms with Crippen LogP contribution in [0.4, 0.5) is 0 Å². The largest absolute Gasteiger partial charge is 0.491 e. The van der Waals surface area contributed by atoms with Crippen LogP contribution in [-0.4, -0.2) is 17.8 Å². The molecule has 3 nitrogen and oxygen atoms in total. The minimum Gasteiger partial charge on any atom is -0.491 e. The zero-order chi connectivity index (χ0) is 17.2. The molecule has 0 radical (unpaired) electrons. The summed E-state index contributed by atoms with van der Waals surface area (Å²) in [6, 6.07) is 18.2. The number of carbonyl (C=O) groups is 1. The van der Waals surface area contributed by atoms with Crippen molar-refractivity contribution >= 4 is 17.7 Å². The third kappa shape index (κ3) is 7.09. The van der Waals surface area contributed by atoms with Gasteiger partial charge in [0.1, 0.15) is 5.75 Å². The van der Waals surface area contributed by atoms with Crippen LogP contribution in [-0.2, 0) is 17.1 Å².